The van der Waals surface area contributed by atoms with Gasteiger partial charge < -0.3 is 14.7 Å². The van der Waals surface area contributed by atoms with Gasteiger partial charge >= 0.3 is 5.82 Å². The molecule has 0 saturated heterocycles. The molecule has 1 aromatic heterocycles. The first-order valence-electron chi connectivity index (χ1n) is 4.08. The molecule has 16 heavy (non-hydrogen) atoms. The number of nitro groups is 1. The van der Waals surface area contributed by atoms with Gasteiger partial charge in [0, 0.05) is 6.92 Å². The second-order valence-electron chi connectivity index (χ2n) is 2.80. The summed E-state index contributed by atoms with van der Waals surface area (Å²) in [5, 5.41) is 10.6. The number of hydrogen-bond acceptors (Lipinski definition) is 7. The van der Waals surface area contributed by atoms with Crippen molar-refractivity contribution in [2.75, 3.05) is 6.61 Å². The Kier molecular flexibility index (Phi) is 3.91. The molecule has 0 aliphatic carbocycles. The van der Waals surface area contributed by atoms with Crippen molar-refractivity contribution in [3.05, 3.63) is 22.1 Å². The van der Waals surface area contributed by atoms with Crippen LogP contribution >= 0.6 is 0 Å². The maximum atomic E-state index is 10.6. The Morgan fingerprint density at radius 2 is 2.38 bits per heavy atom. The average molecular weight is 266 g/mol. The summed E-state index contributed by atoms with van der Waals surface area (Å²) in [5.41, 5.74) is 0. The van der Waals surface area contributed by atoms with E-state index in [2.05, 4.69) is 20.4 Å². The van der Waals surface area contributed by atoms with Gasteiger partial charge in [-0.25, -0.2) is 13.8 Å². The Morgan fingerprint density at radius 1 is 1.75 bits per heavy atom. The third-order valence-electron chi connectivity index (χ3n) is 1.76. The fourth-order valence-corrected chi connectivity index (χ4v) is 1.59. The molecule has 10 heteroatoms. The molecular formula is C6H8N3O5S2-. The minimum atomic E-state index is -3.94. The molecule has 90 valence electrons. The third kappa shape index (κ3) is 3.48. The summed E-state index contributed by atoms with van der Waals surface area (Å²) in [7, 11) is -3.94. The monoisotopic (exact) mass is 266 g/mol. The minimum Gasteiger partial charge on any atom is -0.748 e. The summed E-state index contributed by atoms with van der Waals surface area (Å²) in [6.07, 6.45) is 1.09. The molecule has 1 heterocycles. The van der Waals surface area contributed by atoms with Crippen LogP contribution in [0.3, 0.4) is 0 Å². The number of hydrogen-bond donors (Lipinski definition) is 0. The van der Waals surface area contributed by atoms with Crippen molar-refractivity contribution < 1.29 is 17.9 Å². The van der Waals surface area contributed by atoms with Crippen molar-refractivity contribution in [1.29, 1.82) is 0 Å². The summed E-state index contributed by atoms with van der Waals surface area (Å²) in [4.78, 5) is 13.7. The van der Waals surface area contributed by atoms with Gasteiger partial charge in [-0.1, -0.05) is 0 Å². The first-order chi connectivity index (χ1) is 7.31. The molecule has 0 bridgehead atoms. The highest BCUT2D eigenvalue weighted by Gasteiger charge is 2.16. The van der Waals surface area contributed by atoms with E-state index in [1.54, 1.807) is 6.92 Å². The number of rotatable bonds is 5. The van der Waals surface area contributed by atoms with E-state index in [0.717, 1.165) is 6.20 Å². The maximum absolute atomic E-state index is 10.6. The van der Waals surface area contributed by atoms with Crippen molar-refractivity contribution in [3.8, 4) is 0 Å². The van der Waals surface area contributed by atoms with Crippen LogP contribution in [0.5, 0.6) is 0 Å². The smallest absolute Gasteiger partial charge is 0.342 e. The normalized spacial score (nSPS) is 14.6. The van der Waals surface area contributed by atoms with Crippen LogP contribution in [0.25, 0.3) is 0 Å². The lowest BCUT2D eigenvalue weighted by Gasteiger charge is -2.10. The van der Waals surface area contributed by atoms with E-state index in [1.165, 1.54) is 4.57 Å². The van der Waals surface area contributed by atoms with Crippen LogP contribution in [-0.4, -0.2) is 29.8 Å². The topological polar surface area (TPSA) is 110 Å². The SMILES string of the molecule is Cc1ncc([N+](=O)[O-])n1CCOS(=O)([O-])=S. The van der Waals surface area contributed by atoms with Gasteiger partial charge in [0.25, 0.3) is 0 Å². The number of aromatic nitrogens is 2. The lowest BCUT2D eigenvalue weighted by molar-refractivity contribution is -0.392. The summed E-state index contributed by atoms with van der Waals surface area (Å²) < 4.78 is 26.5. The van der Waals surface area contributed by atoms with Gasteiger partial charge in [-0.3, -0.25) is 4.18 Å². The van der Waals surface area contributed by atoms with Gasteiger partial charge in [-0.2, -0.15) is 0 Å². The fourth-order valence-electron chi connectivity index (χ4n) is 1.11. The number of nitrogens with zero attached hydrogens (tertiary/aromatic N) is 3. The van der Waals surface area contributed by atoms with Gasteiger partial charge in [0.1, 0.15) is 19.3 Å². The van der Waals surface area contributed by atoms with Crippen LogP contribution in [0, 0.1) is 17.0 Å². The van der Waals surface area contributed by atoms with E-state index >= 15 is 0 Å². The second-order valence-corrected chi connectivity index (χ2v) is 5.08. The second kappa shape index (κ2) is 4.82. The van der Waals surface area contributed by atoms with Crippen LogP contribution in [0.2, 0.25) is 0 Å². The molecule has 0 fully saturated rings. The lowest BCUT2D eigenvalue weighted by Crippen LogP contribution is -2.12. The fraction of sp³-hybridized carbons (Fsp3) is 0.500. The Balaban J connectivity index is 2.73. The molecule has 0 aromatic carbocycles. The summed E-state index contributed by atoms with van der Waals surface area (Å²) >= 11 is 3.99. The van der Waals surface area contributed by atoms with Crippen molar-refractivity contribution in [2.45, 2.75) is 13.5 Å². The largest absolute Gasteiger partial charge is 0.748 e. The first kappa shape index (κ1) is 13.0. The van der Waals surface area contributed by atoms with Crippen LogP contribution < -0.4 is 0 Å². The predicted octanol–water partition coefficient (Wildman–Crippen LogP) is -0.0920. The Labute approximate surface area is 96.1 Å². The van der Waals surface area contributed by atoms with Crippen molar-refractivity contribution in [2.24, 2.45) is 0 Å². The van der Waals surface area contributed by atoms with Crippen LogP contribution in [0.1, 0.15) is 5.82 Å². The van der Waals surface area contributed by atoms with Crippen molar-refractivity contribution in [3.63, 3.8) is 0 Å². The summed E-state index contributed by atoms with van der Waals surface area (Å²) in [6.45, 7) is 1.30. The Hall–Kier alpha value is -1.10. The molecule has 8 nitrogen and oxygen atoms in total. The third-order valence-corrected chi connectivity index (χ3v) is 2.51. The highest BCUT2D eigenvalue weighted by atomic mass is 32.9. The Bertz CT molecular complexity index is 494. The standard InChI is InChI=1S/C6H9N3O5S2/c1-5-7-4-6(9(10)11)8(5)2-3-14-16(12,13)15/h4H,2-3H2,1H3,(H,12,13,15)/p-1. The Morgan fingerprint density at radius 3 is 2.88 bits per heavy atom. The summed E-state index contributed by atoms with van der Waals surface area (Å²) in [5.74, 6) is 0.180. The molecule has 1 atom stereocenters. The zero-order valence-corrected chi connectivity index (χ0v) is 9.82. The summed E-state index contributed by atoms with van der Waals surface area (Å²) in [6, 6.07) is 0. The molecule has 1 unspecified atom stereocenters. The highest BCUT2D eigenvalue weighted by Crippen LogP contribution is 2.13. The number of imidazole rings is 1. The molecule has 0 radical (unpaired) electrons. The molecule has 0 aliphatic heterocycles. The molecule has 0 amide bonds. The van der Waals surface area contributed by atoms with Crippen LogP contribution in [0.15, 0.2) is 6.20 Å². The molecule has 0 spiro atoms. The molecule has 1 rings (SSSR count). The minimum absolute atomic E-state index is 0.00197. The van der Waals surface area contributed by atoms with E-state index in [-0.39, 0.29) is 19.0 Å². The molecule has 1 aromatic rings. The van der Waals surface area contributed by atoms with Crippen molar-refractivity contribution in [1.82, 2.24) is 9.55 Å². The first-order valence-corrected chi connectivity index (χ1v) is 6.41. The van der Waals surface area contributed by atoms with Crippen LogP contribution in [0.4, 0.5) is 5.82 Å². The number of aryl methyl sites for hydroxylation is 1. The average Bonchev–Trinajstić information content (AvgIpc) is 2.46. The quantitative estimate of drug-likeness (QED) is 0.540. The van der Waals surface area contributed by atoms with E-state index in [9.17, 15) is 18.9 Å². The van der Waals surface area contributed by atoms with Crippen LogP contribution in [-0.2, 0) is 31.0 Å². The highest BCUT2D eigenvalue weighted by molar-refractivity contribution is 8.26. The van der Waals surface area contributed by atoms with E-state index in [1.807, 2.05) is 0 Å². The van der Waals surface area contributed by atoms with Gasteiger partial charge in [-0.15, -0.1) is 0 Å². The maximum Gasteiger partial charge on any atom is 0.342 e. The van der Waals surface area contributed by atoms with Gasteiger partial charge in [0.15, 0.2) is 5.82 Å². The van der Waals surface area contributed by atoms with Crippen molar-refractivity contribution >= 4 is 26.1 Å². The zero-order valence-electron chi connectivity index (χ0n) is 8.19. The molecule has 0 saturated carbocycles. The van der Waals surface area contributed by atoms with E-state index in [0.29, 0.717) is 5.82 Å². The van der Waals surface area contributed by atoms with E-state index in [4.69, 9.17) is 0 Å². The van der Waals surface area contributed by atoms with Gasteiger partial charge in [0.05, 0.1) is 9.05 Å². The molecule has 0 N–H and O–H groups in total. The molecule has 0 aliphatic rings. The van der Waals surface area contributed by atoms with Gasteiger partial charge in [0.2, 0.25) is 0 Å². The van der Waals surface area contributed by atoms with Gasteiger partial charge in [-0.05, 0) is 16.1 Å². The van der Waals surface area contributed by atoms with E-state index < -0.39 is 14.0 Å². The lowest BCUT2D eigenvalue weighted by atomic mass is 10.6. The predicted molar refractivity (Wildman–Crippen MR) is 55.9 cm³/mol. The zero-order chi connectivity index (χ0) is 12.3. The molecular weight excluding hydrogens is 258 g/mol.